The first-order chi connectivity index (χ1) is 9.18. The first-order valence-corrected chi connectivity index (χ1v) is 8.67. The molecule has 2 rings (SSSR count). The van der Waals surface area contributed by atoms with Crippen LogP contribution in [0.3, 0.4) is 0 Å². The molecule has 0 aromatic carbocycles. The third kappa shape index (κ3) is 3.95. The SMILES string of the molecule is CCC(C1CCCCC1)N1CCCNC(C)(CC)C1. The van der Waals surface area contributed by atoms with E-state index in [1.54, 1.807) is 0 Å². The van der Waals surface area contributed by atoms with E-state index in [9.17, 15) is 0 Å². The van der Waals surface area contributed by atoms with Crippen molar-refractivity contribution in [3.63, 3.8) is 0 Å². The Balaban J connectivity index is 2.03. The van der Waals surface area contributed by atoms with Gasteiger partial charge in [-0.1, -0.05) is 33.1 Å². The summed E-state index contributed by atoms with van der Waals surface area (Å²) in [4.78, 5) is 2.83. The van der Waals surface area contributed by atoms with Crippen molar-refractivity contribution in [1.82, 2.24) is 10.2 Å². The molecular weight excluding hydrogens is 232 g/mol. The largest absolute Gasteiger partial charge is 0.310 e. The number of nitrogens with zero attached hydrogens (tertiary/aromatic N) is 1. The van der Waals surface area contributed by atoms with Gasteiger partial charge in [-0.2, -0.15) is 0 Å². The van der Waals surface area contributed by atoms with E-state index in [-0.39, 0.29) is 0 Å². The number of nitrogens with one attached hydrogen (secondary N) is 1. The average Bonchev–Trinajstić information content (AvgIpc) is 2.64. The molecule has 0 radical (unpaired) electrons. The summed E-state index contributed by atoms with van der Waals surface area (Å²) in [6, 6.07) is 0.839. The maximum Gasteiger partial charge on any atom is 0.0277 e. The van der Waals surface area contributed by atoms with Crippen LogP contribution >= 0.6 is 0 Å². The van der Waals surface area contributed by atoms with Gasteiger partial charge < -0.3 is 5.32 Å². The molecule has 2 unspecified atom stereocenters. The molecule has 2 heteroatoms. The second kappa shape index (κ2) is 7.08. The van der Waals surface area contributed by atoms with Crippen molar-refractivity contribution in [3.05, 3.63) is 0 Å². The monoisotopic (exact) mass is 266 g/mol. The Morgan fingerprint density at radius 3 is 2.53 bits per heavy atom. The smallest absolute Gasteiger partial charge is 0.0277 e. The van der Waals surface area contributed by atoms with Crippen molar-refractivity contribution in [2.75, 3.05) is 19.6 Å². The molecule has 1 saturated carbocycles. The zero-order chi connectivity index (χ0) is 13.7. The summed E-state index contributed by atoms with van der Waals surface area (Å²) < 4.78 is 0. The molecule has 112 valence electrons. The summed E-state index contributed by atoms with van der Waals surface area (Å²) in [6.45, 7) is 10.9. The highest BCUT2D eigenvalue weighted by atomic mass is 15.2. The zero-order valence-electron chi connectivity index (χ0n) is 13.4. The topological polar surface area (TPSA) is 15.3 Å². The first-order valence-electron chi connectivity index (χ1n) is 8.67. The molecule has 19 heavy (non-hydrogen) atoms. The van der Waals surface area contributed by atoms with Crippen molar-refractivity contribution in [2.24, 2.45) is 5.92 Å². The Kier molecular flexibility index (Phi) is 5.70. The molecule has 2 atom stereocenters. The van der Waals surface area contributed by atoms with Crippen LogP contribution in [0.4, 0.5) is 0 Å². The average molecular weight is 266 g/mol. The van der Waals surface area contributed by atoms with Crippen molar-refractivity contribution in [1.29, 1.82) is 0 Å². The van der Waals surface area contributed by atoms with Gasteiger partial charge in [0, 0.05) is 18.1 Å². The van der Waals surface area contributed by atoms with Crippen molar-refractivity contribution in [2.45, 2.75) is 83.7 Å². The van der Waals surface area contributed by atoms with Crippen LogP contribution < -0.4 is 5.32 Å². The molecular formula is C17H34N2. The maximum atomic E-state index is 3.78. The summed E-state index contributed by atoms with van der Waals surface area (Å²) in [5, 5.41) is 3.78. The molecule has 0 bridgehead atoms. The van der Waals surface area contributed by atoms with Crippen molar-refractivity contribution in [3.8, 4) is 0 Å². The lowest BCUT2D eigenvalue weighted by Crippen LogP contribution is -2.52. The quantitative estimate of drug-likeness (QED) is 0.832. The summed E-state index contributed by atoms with van der Waals surface area (Å²) in [6.07, 6.45) is 11.3. The molecule has 1 saturated heterocycles. The minimum atomic E-state index is 0.332. The van der Waals surface area contributed by atoms with Gasteiger partial charge in [-0.15, -0.1) is 0 Å². The van der Waals surface area contributed by atoms with Gasteiger partial charge in [0.1, 0.15) is 0 Å². The van der Waals surface area contributed by atoms with Gasteiger partial charge in [0.15, 0.2) is 0 Å². The summed E-state index contributed by atoms with van der Waals surface area (Å²) in [5.74, 6) is 0.970. The Morgan fingerprint density at radius 1 is 1.16 bits per heavy atom. The second-order valence-electron chi connectivity index (χ2n) is 7.04. The first kappa shape index (κ1) is 15.3. The fourth-order valence-corrected chi connectivity index (χ4v) is 4.18. The van der Waals surface area contributed by atoms with Crippen LogP contribution in [0, 0.1) is 5.92 Å². The van der Waals surface area contributed by atoms with Crippen LogP contribution in [0.25, 0.3) is 0 Å². The van der Waals surface area contributed by atoms with E-state index < -0.39 is 0 Å². The van der Waals surface area contributed by atoms with Crippen LogP contribution in [0.1, 0.15) is 72.1 Å². The molecule has 0 aromatic rings. The Morgan fingerprint density at radius 2 is 1.89 bits per heavy atom. The zero-order valence-corrected chi connectivity index (χ0v) is 13.4. The Hall–Kier alpha value is -0.0800. The number of rotatable bonds is 4. The Labute approximate surface area is 120 Å². The van der Waals surface area contributed by atoms with Gasteiger partial charge in [0.25, 0.3) is 0 Å². The normalized spacial score (nSPS) is 33.0. The minimum Gasteiger partial charge on any atom is -0.310 e. The molecule has 1 aliphatic heterocycles. The van der Waals surface area contributed by atoms with E-state index in [4.69, 9.17) is 0 Å². The molecule has 0 spiro atoms. The number of hydrogen-bond acceptors (Lipinski definition) is 2. The molecule has 0 amide bonds. The fraction of sp³-hybridized carbons (Fsp3) is 1.00. The van der Waals surface area contributed by atoms with Crippen molar-refractivity contribution < 1.29 is 0 Å². The molecule has 0 aromatic heterocycles. The standard InChI is InChI=1S/C17H34N2/c1-4-16(15-10-7-6-8-11-15)19-13-9-12-18-17(3,5-2)14-19/h15-16,18H,4-14H2,1-3H3. The van der Waals surface area contributed by atoms with E-state index in [0.717, 1.165) is 12.0 Å². The predicted octanol–water partition coefficient (Wildman–Crippen LogP) is 3.81. The highest BCUT2D eigenvalue weighted by Gasteiger charge is 2.33. The van der Waals surface area contributed by atoms with Gasteiger partial charge in [-0.3, -0.25) is 4.90 Å². The van der Waals surface area contributed by atoms with E-state index in [1.165, 1.54) is 71.0 Å². The van der Waals surface area contributed by atoms with Crippen LogP contribution in [-0.2, 0) is 0 Å². The molecule has 2 aliphatic rings. The van der Waals surface area contributed by atoms with Crippen LogP contribution in [0.2, 0.25) is 0 Å². The molecule has 1 aliphatic carbocycles. The maximum absolute atomic E-state index is 3.78. The molecule has 2 fully saturated rings. The van der Waals surface area contributed by atoms with Gasteiger partial charge in [0.2, 0.25) is 0 Å². The highest BCUT2D eigenvalue weighted by Crippen LogP contribution is 2.32. The fourth-order valence-electron chi connectivity index (χ4n) is 4.18. The molecule has 1 N–H and O–H groups in total. The van der Waals surface area contributed by atoms with Crippen LogP contribution in [0.15, 0.2) is 0 Å². The second-order valence-corrected chi connectivity index (χ2v) is 7.04. The molecule has 2 nitrogen and oxygen atoms in total. The highest BCUT2D eigenvalue weighted by molar-refractivity contribution is 4.92. The van der Waals surface area contributed by atoms with Crippen LogP contribution in [0.5, 0.6) is 0 Å². The van der Waals surface area contributed by atoms with Gasteiger partial charge >= 0.3 is 0 Å². The lowest BCUT2D eigenvalue weighted by Gasteiger charge is -2.41. The van der Waals surface area contributed by atoms with Crippen molar-refractivity contribution >= 4 is 0 Å². The van der Waals surface area contributed by atoms with E-state index in [2.05, 4.69) is 31.0 Å². The molecule has 1 heterocycles. The predicted molar refractivity (Wildman–Crippen MR) is 83.5 cm³/mol. The Bertz CT molecular complexity index is 260. The van der Waals surface area contributed by atoms with Gasteiger partial charge in [-0.05, 0) is 58.0 Å². The summed E-state index contributed by atoms with van der Waals surface area (Å²) in [5.41, 5.74) is 0.332. The van der Waals surface area contributed by atoms with Crippen LogP contribution in [-0.4, -0.2) is 36.1 Å². The third-order valence-electron chi connectivity index (χ3n) is 5.59. The third-order valence-corrected chi connectivity index (χ3v) is 5.59. The van der Waals surface area contributed by atoms with E-state index in [0.29, 0.717) is 5.54 Å². The lowest BCUT2D eigenvalue weighted by molar-refractivity contribution is 0.0942. The number of hydrogen-bond donors (Lipinski definition) is 1. The van der Waals surface area contributed by atoms with E-state index >= 15 is 0 Å². The van der Waals surface area contributed by atoms with E-state index in [1.807, 2.05) is 0 Å². The van der Waals surface area contributed by atoms with Gasteiger partial charge in [-0.25, -0.2) is 0 Å². The lowest BCUT2D eigenvalue weighted by atomic mass is 9.81. The minimum absolute atomic E-state index is 0.332. The van der Waals surface area contributed by atoms with Gasteiger partial charge in [0.05, 0.1) is 0 Å². The summed E-state index contributed by atoms with van der Waals surface area (Å²) in [7, 11) is 0. The summed E-state index contributed by atoms with van der Waals surface area (Å²) >= 11 is 0.